The minimum atomic E-state index is 0.636. The Balaban J connectivity index is 2.06. The predicted octanol–water partition coefficient (Wildman–Crippen LogP) is 3.73. The highest BCUT2D eigenvalue weighted by Gasteiger charge is 2.03. The number of hydrogen-bond acceptors (Lipinski definition) is 4. The van der Waals surface area contributed by atoms with E-state index in [4.69, 9.17) is 10.5 Å². The molecule has 0 unspecified atom stereocenters. The molecule has 1 heterocycles. The zero-order valence-electron chi connectivity index (χ0n) is 9.89. The minimum Gasteiger partial charge on any atom is -0.481 e. The molecule has 0 saturated carbocycles. The maximum absolute atomic E-state index is 5.95. The van der Waals surface area contributed by atoms with Crippen molar-refractivity contribution in [1.82, 2.24) is 4.98 Å². The molecule has 0 aliphatic heterocycles. The molecule has 2 N–H and O–H groups in total. The normalized spacial score (nSPS) is 10.3. The molecule has 0 atom stereocenters. The molecule has 0 saturated heterocycles. The van der Waals surface area contributed by atoms with Crippen LogP contribution in [0.5, 0.6) is 5.88 Å². The van der Waals surface area contributed by atoms with Crippen molar-refractivity contribution in [3.8, 4) is 5.88 Å². The molecule has 0 fully saturated rings. The highest BCUT2D eigenvalue weighted by Crippen LogP contribution is 2.30. The Labute approximate surface area is 119 Å². The lowest BCUT2D eigenvalue weighted by molar-refractivity contribution is 0.397. The number of nitrogen functional groups attached to an aromatic ring is 1. The van der Waals surface area contributed by atoms with Crippen molar-refractivity contribution in [2.45, 2.75) is 10.6 Å². The van der Waals surface area contributed by atoms with Crippen molar-refractivity contribution in [2.75, 3.05) is 12.8 Å². The number of anilines is 1. The third-order valence-corrected chi connectivity index (χ3v) is 3.95. The fourth-order valence-corrected chi connectivity index (χ4v) is 2.69. The summed E-state index contributed by atoms with van der Waals surface area (Å²) >= 11 is 5.06. The van der Waals surface area contributed by atoms with Crippen molar-refractivity contribution >= 4 is 33.4 Å². The Morgan fingerprint density at radius 1 is 1.33 bits per heavy atom. The van der Waals surface area contributed by atoms with E-state index in [-0.39, 0.29) is 0 Å². The van der Waals surface area contributed by atoms with Crippen LogP contribution in [0.25, 0.3) is 0 Å². The van der Waals surface area contributed by atoms with Crippen LogP contribution in [-0.2, 0) is 5.75 Å². The zero-order valence-corrected chi connectivity index (χ0v) is 12.3. The molecule has 0 spiro atoms. The topological polar surface area (TPSA) is 48.1 Å². The SMILES string of the molecule is COc1cccc(CSc2ccc(Br)cc2N)n1. The van der Waals surface area contributed by atoms with Crippen molar-refractivity contribution in [2.24, 2.45) is 0 Å². The lowest BCUT2D eigenvalue weighted by Gasteiger charge is -2.06. The molecule has 3 nitrogen and oxygen atoms in total. The first-order valence-electron chi connectivity index (χ1n) is 5.37. The molecule has 1 aromatic carbocycles. The Bertz CT molecular complexity index is 548. The minimum absolute atomic E-state index is 0.636. The van der Waals surface area contributed by atoms with Gasteiger partial charge >= 0.3 is 0 Å². The van der Waals surface area contributed by atoms with Crippen molar-refractivity contribution < 1.29 is 4.74 Å². The lowest BCUT2D eigenvalue weighted by Crippen LogP contribution is -1.93. The number of ether oxygens (including phenoxy) is 1. The monoisotopic (exact) mass is 324 g/mol. The molecular weight excluding hydrogens is 312 g/mol. The molecule has 1 aromatic heterocycles. The summed E-state index contributed by atoms with van der Waals surface area (Å²) in [6.07, 6.45) is 0. The second-order valence-electron chi connectivity index (χ2n) is 3.64. The quantitative estimate of drug-likeness (QED) is 0.687. The smallest absolute Gasteiger partial charge is 0.213 e. The first kappa shape index (κ1) is 13.2. The molecule has 2 aromatic rings. The van der Waals surface area contributed by atoms with E-state index in [1.807, 2.05) is 36.4 Å². The van der Waals surface area contributed by atoms with Gasteiger partial charge in [-0.15, -0.1) is 11.8 Å². The average molecular weight is 325 g/mol. The fraction of sp³-hybridized carbons (Fsp3) is 0.154. The van der Waals surface area contributed by atoms with Crippen LogP contribution < -0.4 is 10.5 Å². The summed E-state index contributed by atoms with van der Waals surface area (Å²) in [4.78, 5) is 5.42. The van der Waals surface area contributed by atoms with Gasteiger partial charge in [-0.05, 0) is 24.3 Å². The van der Waals surface area contributed by atoms with Gasteiger partial charge in [0.05, 0.1) is 12.8 Å². The highest BCUT2D eigenvalue weighted by molar-refractivity contribution is 9.10. The van der Waals surface area contributed by atoms with Crippen molar-refractivity contribution in [1.29, 1.82) is 0 Å². The summed E-state index contributed by atoms with van der Waals surface area (Å²) in [7, 11) is 1.62. The van der Waals surface area contributed by atoms with Crippen LogP contribution in [0.15, 0.2) is 45.8 Å². The van der Waals surface area contributed by atoms with E-state index in [1.54, 1.807) is 18.9 Å². The number of thioether (sulfide) groups is 1. The largest absolute Gasteiger partial charge is 0.481 e. The number of hydrogen-bond donors (Lipinski definition) is 1. The van der Waals surface area contributed by atoms with Crippen LogP contribution in [0.3, 0.4) is 0 Å². The van der Waals surface area contributed by atoms with E-state index in [0.717, 1.165) is 26.5 Å². The van der Waals surface area contributed by atoms with E-state index in [0.29, 0.717) is 5.88 Å². The number of nitrogens with two attached hydrogens (primary N) is 1. The molecule has 5 heteroatoms. The van der Waals surface area contributed by atoms with Gasteiger partial charge in [-0.3, -0.25) is 0 Å². The molecule has 18 heavy (non-hydrogen) atoms. The van der Waals surface area contributed by atoms with Crippen LogP contribution in [0.1, 0.15) is 5.69 Å². The van der Waals surface area contributed by atoms with Crippen molar-refractivity contribution in [3.05, 3.63) is 46.6 Å². The number of benzene rings is 1. The molecule has 0 amide bonds. The van der Waals surface area contributed by atoms with Gasteiger partial charge in [0.1, 0.15) is 0 Å². The number of pyridine rings is 1. The van der Waals surface area contributed by atoms with E-state index in [9.17, 15) is 0 Å². The third-order valence-electron chi connectivity index (χ3n) is 2.34. The van der Waals surface area contributed by atoms with Gasteiger partial charge in [0.2, 0.25) is 5.88 Å². The molecule has 94 valence electrons. The first-order chi connectivity index (χ1) is 8.69. The van der Waals surface area contributed by atoms with Crippen LogP contribution in [0, 0.1) is 0 Å². The van der Waals surface area contributed by atoms with Crippen LogP contribution in [0.4, 0.5) is 5.69 Å². The predicted molar refractivity (Wildman–Crippen MR) is 78.9 cm³/mol. The Kier molecular flexibility index (Phi) is 4.49. The number of nitrogens with zero attached hydrogens (tertiary/aromatic N) is 1. The molecule has 0 radical (unpaired) electrons. The number of rotatable bonds is 4. The van der Waals surface area contributed by atoms with Gasteiger partial charge in [-0.1, -0.05) is 22.0 Å². The maximum Gasteiger partial charge on any atom is 0.213 e. The zero-order chi connectivity index (χ0) is 13.0. The third kappa shape index (κ3) is 3.40. The second-order valence-corrected chi connectivity index (χ2v) is 5.57. The van der Waals surface area contributed by atoms with Gasteiger partial charge in [0.15, 0.2) is 0 Å². The van der Waals surface area contributed by atoms with Gasteiger partial charge < -0.3 is 10.5 Å². The molecule has 0 aliphatic carbocycles. The van der Waals surface area contributed by atoms with Crippen LogP contribution in [0.2, 0.25) is 0 Å². The summed E-state index contributed by atoms with van der Waals surface area (Å²) in [5.74, 6) is 1.40. The highest BCUT2D eigenvalue weighted by atomic mass is 79.9. The maximum atomic E-state index is 5.95. The summed E-state index contributed by atoms with van der Waals surface area (Å²) in [5, 5.41) is 0. The van der Waals surface area contributed by atoms with Gasteiger partial charge in [0.25, 0.3) is 0 Å². The first-order valence-corrected chi connectivity index (χ1v) is 7.14. The summed E-state index contributed by atoms with van der Waals surface area (Å²) in [5.41, 5.74) is 7.69. The number of methoxy groups -OCH3 is 1. The molecular formula is C13H13BrN2OS. The summed E-state index contributed by atoms with van der Waals surface area (Å²) in [6, 6.07) is 11.6. The second kappa shape index (κ2) is 6.11. The lowest BCUT2D eigenvalue weighted by atomic mass is 10.3. The van der Waals surface area contributed by atoms with Crippen LogP contribution >= 0.6 is 27.7 Å². The Hall–Kier alpha value is -1.20. The van der Waals surface area contributed by atoms with Crippen LogP contribution in [-0.4, -0.2) is 12.1 Å². The van der Waals surface area contributed by atoms with Gasteiger partial charge in [0, 0.05) is 26.9 Å². The van der Waals surface area contributed by atoms with E-state index in [1.165, 1.54) is 0 Å². The fourth-order valence-electron chi connectivity index (χ4n) is 1.45. The number of aromatic nitrogens is 1. The average Bonchev–Trinajstić information content (AvgIpc) is 2.38. The molecule has 0 aliphatic rings. The Morgan fingerprint density at radius 2 is 2.17 bits per heavy atom. The summed E-state index contributed by atoms with van der Waals surface area (Å²) in [6.45, 7) is 0. The van der Waals surface area contributed by atoms with Crippen molar-refractivity contribution in [3.63, 3.8) is 0 Å². The van der Waals surface area contributed by atoms with E-state index >= 15 is 0 Å². The summed E-state index contributed by atoms with van der Waals surface area (Å²) < 4.78 is 6.08. The van der Waals surface area contributed by atoms with E-state index < -0.39 is 0 Å². The Morgan fingerprint density at radius 3 is 2.89 bits per heavy atom. The number of halogens is 1. The van der Waals surface area contributed by atoms with Gasteiger partial charge in [-0.2, -0.15) is 0 Å². The van der Waals surface area contributed by atoms with E-state index in [2.05, 4.69) is 20.9 Å². The van der Waals surface area contributed by atoms with Gasteiger partial charge in [-0.25, -0.2) is 4.98 Å². The molecule has 0 bridgehead atoms. The standard InChI is InChI=1S/C13H13BrN2OS/c1-17-13-4-2-3-10(16-13)8-18-12-6-5-9(14)7-11(12)15/h2-7H,8,15H2,1H3. The molecule has 2 rings (SSSR count).